The molecule has 2 rings (SSSR count). The Morgan fingerprint density at radius 2 is 2.00 bits per heavy atom. The summed E-state index contributed by atoms with van der Waals surface area (Å²) in [5, 5.41) is 8.99. The maximum absolute atomic E-state index is 12.4. The maximum atomic E-state index is 12.4. The highest BCUT2D eigenvalue weighted by atomic mass is 32.2. The molecule has 1 N–H and O–H groups in total. The molecular formula is C11H17NO4S2. The van der Waals surface area contributed by atoms with Gasteiger partial charge in [-0.15, -0.1) is 11.3 Å². The standard InChI is InChI=1S/C11H17NO4S2/c1-8-5-12(6-9(2)16-8)18(14,15)11-4-3-10(7-13)17-11/h3-4,8-9,13H,5-7H2,1-2H3. The summed E-state index contributed by atoms with van der Waals surface area (Å²) in [6.45, 7) is 4.35. The molecular weight excluding hydrogens is 274 g/mol. The molecule has 1 aliphatic heterocycles. The molecule has 0 bridgehead atoms. The summed E-state index contributed by atoms with van der Waals surface area (Å²) in [6, 6.07) is 3.20. The van der Waals surface area contributed by atoms with Crippen molar-refractivity contribution < 1.29 is 18.3 Å². The van der Waals surface area contributed by atoms with Gasteiger partial charge in [0.1, 0.15) is 4.21 Å². The van der Waals surface area contributed by atoms with Crippen LogP contribution in [0.2, 0.25) is 0 Å². The summed E-state index contributed by atoms with van der Waals surface area (Å²) in [4.78, 5) is 0.655. The van der Waals surface area contributed by atoms with Gasteiger partial charge in [-0.2, -0.15) is 4.31 Å². The number of thiophene rings is 1. The molecule has 2 heterocycles. The fraction of sp³-hybridized carbons (Fsp3) is 0.636. The van der Waals surface area contributed by atoms with Gasteiger partial charge in [0.15, 0.2) is 0 Å². The Morgan fingerprint density at radius 3 is 2.50 bits per heavy atom. The minimum atomic E-state index is -3.46. The van der Waals surface area contributed by atoms with Crippen LogP contribution in [0.15, 0.2) is 16.3 Å². The van der Waals surface area contributed by atoms with Crippen molar-refractivity contribution in [3.63, 3.8) is 0 Å². The fourth-order valence-electron chi connectivity index (χ4n) is 2.04. The number of aliphatic hydroxyl groups is 1. The fourth-order valence-corrected chi connectivity index (χ4v) is 5.00. The lowest BCUT2D eigenvalue weighted by Crippen LogP contribution is -2.47. The highest BCUT2D eigenvalue weighted by molar-refractivity contribution is 7.91. The lowest BCUT2D eigenvalue weighted by Gasteiger charge is -2.34. The van der Waals surface area contributed by atoms with E-state index in [9.17, 15) is 8.42 Å². The van der Waals surface area contributed by atoms with Crippen molar-refractivity contribution in [1.29, 1.82) is 0 Å². The average molecular weight is 291 g/mol. The van der Waals surface area contributed by atoms with Crippen LogP contribution >= 0.6 is 11.3 Å². The number of ether oxygens (including phenoxy) is 1. The quantitative estimate of drug-likeness (QED) is 0.903. The van der Waals surface area contributed by atoms with E-state index in [-0.39, 0.29) is 23.0 Å². The van der Waals surface area contributed by atoms with Crippen molar-refractivity contribution in [3.05, 3.63) is 17.0 Å². The minimum absolute atomic E-state index is 0.0965. The molecule has 102 valence electrons. The number of aliphatic hydroxyl groups excluding tert-OH is 1. The Balaban J connectivity index is 2.25. The summed E-state index contributed by atoms with van der Waals surface area (Å²) in [6.07, 6.45) is -0.193. The number of hydrogen-bond donors (Lipinski definition) is 1. The first-order valence-corrected chi connectivity index (χ1v) is 8.04. The summed E-state index contributed by atoms with van der Waals surface area (Å²) in [5.74, 6) is 0. The zero-order chi connectivity index (χ0) is 13.3. The van der Waals surface area contributed by atoms with Gasteiger partial charge >= 0.3 is 0 Å². The Kier molecular flexibility index (Phi) is 4.08. The summed E-state index contributed by atoms with van der Waals surface area (Å²) in [7, 11) is -3.46. The predicted octanol–water partition coefficient (Wildman–Crippen LogP) is 1.04. The van der Waals surface area contributed by atoms with E-state index in [2.05, 4.69) is 0 Å². The van der Waals surface area contributed by atoms with E-state index in [1.165, 1.54) is 4.31 Å². The second-order valence-corrected chi connectivity index (χ2v) is 7.79. The van der Waals surface area contributed by atoms with Gasteiger partial charge < -0.3 is 9.84 Å². The van der Waals surface area contributed by atoms with E-state index >= 15 is 0 Å². The molecule has 5 nitrogen and oxygen atoms in total. The van der Waals surface area contributed by atoms with Crippen LogP contribution in [0.3, 0.4) is 0 Å². The van der Waals surface area contributed by atoms with E-state index in [1.54, 1.807) is 12.1 Å². The van der Waals surface area contributed by atoms with Gasteiger partial charge in [0.05, 0.1) is 18.8 Å². The van der Waals surface area contributed by atoms with Crippen molar-refractivity contribution in [3.8, 4) is 0 Å². The van der Waals surface area contributed by atoms with Crippen LogP contribution in [0, 0.1) is 0 Å². The Labute approximate surface area is 111 Å². The number of hydrogen-bond acceptors (Lipinski definition) is 5. The van der Waals surface area contributed by atoms with Crippen LogP contribution in [-0.4, -0.2) is 43.1 Å². The molecule has 0 saturated carbocycles. The topological polar surface area (TPSA) is 66.8 Å². The van der Waals surface area contributed by atoms with Crippen LogP contribution in [0.25, 0.3) is 0 Å². The van der Waals surface area contributed by atoms with Gasteiger partial charge in [0.2, 0.25) is 0 Å². The smallest absolute Gasteiger partial charge is 0.252 e. The molecule has 1 saturated heterocycles. The average Bonchev–Trinajstić information content (AvgIpc) is 2.76. The van der Waals surface area contributed by atoms with Gasteiger partial charge in [-0.3, -0.25) is 0 Å². The molecule has 0 radical (unpaired) electrons. The lowest BCUT2D eigenvalue weighted by atomic mass is 10.3. The minimum Gasteiger partial charge on any atom is -0.391 e. The van der Waals surface area contributed by atoms with Crippen LogP contribution in [-0.2, 0) is 21.4 Å². The van der Waals surface area contributed by atoms with Gasteiger partial charge in [0, 0.05) is 18.0 Å². The molecule has 1 fully saturated rings. The molecule has 1 aliphatic rings. The molecule has 7 heteroatoms. The summed E-state index contributed by atoms with van der Waals surface area (Å²) < 4.78 is 32.1. The predicted molar refractivity (Wildman–Crippen MR) is 69.0 cm³/mol. The van der Waals surface area contributed by atoms with Gasteiger partial charge in [-0.1, -0.05) is 0 Å². The molecule has 2 atom stereocenters. The Morgan fingerprint density at radius 1 is 1.39 bits per heavy atom. The third-order valence-corrected chi connectivity index (χ3v) is 6.14. The summed E-state index contributed by atoms with van der Waals surface area (Å²) >= 11 is 1.12. The monoisotopic (exact) mass is 291 g/mol. The Hall–Kier alpha value is -0.470. The number of nitrogens with zero attached hydrogens (tertiary/aromatic N) is 1. The maximum Gasteiger partial charge on any atom is 0.252 e. The Bertz CT molecular complexity index is 501. The van der Waals surface area contributed by atoms with Crippen LogP contribution in [0.1, 0.15) is 18.7 Å². The van der Waals surface area contributed by atoms with E-state index in [4.69, 9.17) is 9.84 Å². The van der Waals surface area contributed by atoms with E-state index in [1.807, 2.05) is 13.8 Å². The molecule has 2 unspecified atom stereocenters. The highest BCUT2D eigenvalue weighted by Gasteiger charge is 2.32. The van der Waals surface area contributed by atoms with Crippen molar-refractivity contribution in [1.82, 2.24) is 4.31 Å². The van der Waals surface area contributed by atoms with Gasteiger partial charge in [0.25, 0.3) is 10.0 Å². The van der Waals surface area contributed by atoms with Crippen LogP contribution in [0.4, 0.5) is 0 Å². The molecule has 0 aromatic carbocycles. The number of rotatable bonds is 3. The van der Waals surface area contributed by atoms with Crippen molar-refractivity contribution >= 4 is 21.4 Å². The highest BCUT2D eigenvalue weighted by Crippen LogP contribution is 2.27. The van der Waals surface area contributed by atoms with Crippen LogP contribution in [0.5, 0.6) is 0 Å². The van der Waals surface area contributed by atoms with Crippen molar-refractivity contribution in [2.24, 2.45) is 0 Å². The van der Waals surface area contributed by atoms with Gasteiger partial charge in [-0.25, -0.2) is 8.42 Å². The number of morpholine rings is 1. The zero-order valence-electron chi connectivity index (χ0n) is 10.4. The molecule has 0 aliphatic carbocycles. The normalized spacial score (nSPS) is 26.4. The van der Waals surface area contributed by atoms with E-state index in [0.29, 0.717) is 18.0 Å². The molecule has 18 heavy (non-hydrogen) atoms. The molecule has 0 amide bonds. The first kappa shape index (κ1) is 14.0. The first-order chi connectivity index (χ1) is 8.43. The van der Waals surface area contributed by atoms with Crippen molar-refractivity contribution in [2.45, 2.75) is 36.9 Å². The second kappa shape index (κ2) is 5.26. The van der Waals surface area contributed by atoms with Crippen LogP contribution < -0.4 is 0 Å². The largest absolute Gasteiger partial charge is 0.391 e. The number of sulfonamides is 1. The van der Waals surface area contributed by atoms with E-state index < -0.39 is 10.0 Å². The second-order valence-electron chi connectivity index (χ2n) is 4.46. The summed E-state index contributed by atoms with van der Waals surface area (Å²) in [5.41, 5.74) is 0. The van der Waals surface area contributed by atoms with Gasteiger partial charge in [-0.05, 0) is 26.0 Å². The molecule has 1 aromatic heterocycles. The SMILES string of the molecule is CC1CN(S(=O)(=O)c2ccc(CO)s2)CC(C)O1. The zero-order valence-corrected chi connectivity index (χ0v) is 12.0. The lowest BCUT2D eigenvalue weighted by molar-refractivity contribution is -0.0440. The van der Waals surface area contributed by atoms with Crippen molar-refractivity contribution in [2.75, 3.05) is 13.1 Å². The third kappa shape index (κ3) is 2.75. The van der Waals surface area contributed by atoms with E-state index in [0.717, 1.165) is 11.3 Å². The third-order valence-electron chi connectivity index (χ3n) is 2.77. The first-order valence-electron chi connectivity index (χ1n) is 5.78. The molecule has 0 spiro atoms. The molecule has 1 aromatic rings.